The molecule has 0 aromatic heterocycles. The van der Waals surface area contributed by atoms with Crippen LogP contribution in [0.4, 0.5) is 0 Å². The zero-order valence-corrected chi connectivity index (χ0v) is 10.5. The number of nitrogens with zero attached hydrogens (tertiary/aromatic N) is 1. The Kier molecular flexibility index (Phi) is 5.30. The molecular formula is C13H25NO. The van der Waals surface area contributed by atoms with Crippen LogP contribution in [0.15, 0.2) is 0 Å². The quantitative estimate of drug-likeness (QED) is 0.712. The third-order valence-corrected chi connectivity index (χ3v) is 3.71. The van der Waals surface area contributed by atoms with Gasteiger partial charge >= 0.3 is 0 Å². The Labute approximate surface area is 94.0 Å². The summed E-state index contributed by atoms with van der Waals surface area (Å²) in [7, 11) is 0. The number of Topliss-reactive ketones (excluding diaryl/α,β-unsaturated/α-hetero) is 1. The van der Waals surface area contributed by atoms with Crippen LogP contribution in [0.5, 0.6) is 0 Å². The van der Waals surface area contributed by atoms with Gasteiger partial charge in [-0.2, -0.15) is 0 Å². The lowest BCUT2D eigenvalue weighted by molar-refractivity contribution is -0.124. The fourth-order valence-corrected chi connectivity index (χ4v) is 2.63. The lowest BCUT2D eigenvalue weighted by Gasteiger charge is -2.33. The minimum Gasteiger partial charge on any atom is -0.298 e. The van der Waals surface area contributed by atoms with E-state index in [1.807, 2.05) is 6.92 Å². The van der Waals surface area contributed by atoms with E-state index in [1.54, 1.807) is 0 Å². The molecule has 0 aliphatic carbocycles. The van der Waals surface area contributed by atoms with Crippen molar-refractivity contribution in [1.82, 2.24) is 4.90 Å². The summed E-state index contributed by atoms with van der Waals surface area (Å²) < 4.78 is 0. The molecule has 0 N–H and O–H groups in total. The zero-order chi connectivity index (χ0) is 11.3. The molecule has 1 saturated heterocycles. The molecule has 0 radical (unpaired) electrons. The lowest BCUT2D eigenvalue weighted by atomic mass is 10.0. The molecule has 1 aliphatic heterocycles. The minimum absolute atomic E-state index is 0.137. The maximum atomic E-state index is 11.7. The van der Waals surface area contributed by atoms with Crippen molar-refractivity contribution in [2.75, 3.05) is 6.54 Å². The van der Waals surface area contributed by atoms with E-state index in [-0.39, 0.29) is 6.04 Å². The molecule has 0 aromatic rings. The Morgan fingerprint density at radius 1 is 1.33 bits per heavy atom. The van der Waals surface area contributed by atoms with E-state index in [0.717, 1.165) is 6.54 Å². The number of carbonyl (C=O) groups excluding carboxylic acids is 1. The second-order valence-electron chi connectivity index (χ2n) is 4.65. The summed E-state index contributed by atoms with van der Waals surface area (Å²) in [5.41, 5.74) is 0. The van der Waals surface area contributed by atoms with Crippen LogP contribution in [0.2, 0.25) is 0 Å². The zero-order valence-electron chi connectivity index (χ0n) is 10.5. The fraction of sp³-hybridized carbons (Fsp3) is 0.923. The van der Waals surface area contributed by atoms with Gasteiger partial charge < -0.3 is 0 Å². The second-order valence-corrected chi connectivity index (χ2v) is 4.65. The SMILES string of the molecule is CCC(=O)C(C)N1CCCCCC1CC. The normalized spacial score (nSPS) is 25.9. The number of ketones is 1. The Morgan fingerprint density at radius 3 is 2.67 bits per heavy atom. The van der Waals surface area contributed by atoms with E-state index in [0.29, 0.717) is 18.2 Å². The standard InChI is InChI=1S/C13H25NO/c1-4-12-9-7-6-8-10-14(12)11(3)13(15)5-2/h11-12H,4-10H2,1-3H3. The van der Waals surface area contributed by atoms with E-state index in [1.165, 1.54) is 32.1 Å². The molecule has 0 amide bonds. The number of likely N-dealkylation sites (tertiary alicyclic amines) is 1. The number of carbonyl (C=O) groups is 1. The summed E-state index contributed by atoms with van der Waals surface area (Å²) >= 11 is 0. The average Bonchev–Trinajstić information content (AvgIpc) is 2.51. The molecule has 0 spiro atoms. The Hall–Kier alpha value is -0.370. The van der Waals surface area contributed by atoms with Gasteiger partial charge in [-0.25, -0.2) is 0 Å². The molecule has 2 atom stereocenters. The molecule has 1 rings (SSSR count). The van der Waals surface area contributed by atoms with Crippen LogP contribution in [0.3, 0.4) is 0 Å². The van der Waals surface area contributed by atoms with Crippen LogP contribution >= 0.6 is 0 Å². The Morgan fingerprint density at radius 2 is 2.07 bits per heavy atom. The van der Waals surface area contributed by atoms with Crippen molar-refractivity contribution < 1.29 is 4.79 Å². The molecule has 2 heteroatoms. The highest BCUT2D eigenvalue weighted by molar-refractivity contribution is 5.83. The molecule has 88 valence electrons. The van der Waals surface area contributed by atoms with E-state index < -0.39 is 0 Å². The summed E-state index contributed by atoms with van der Waals surface area (Å²) in [4.78, 5) is 14.2. The van der Waals surface area contributed by atoms with Crippen molar-refractivity contribution in [2.24, 2.45) is 0 Å². The highest BCUT2D eigenvalue weighted by Gasteiger charge is 2.26. The molecule has 1 fully saturated rings. The molecule has 1 heterocycles. The topological polar surface area (TPSA) is 20.3 Å². The second kappa shape index (κ2) is 6.26. The average molecular weight is 211 g/mol. The van der Waals surface area contributed by atoms with Gasteiger partial charge in [0.1, 0.15) is 5.78 Å². The van der Waals surface area contributed by atoms with Crippen molar-refractivity contribution in [3.05, 3.63) is 0 Å². The summed E-state index contributed by atoms with van der Waals surface area (Å²) in [6.07, 6.45) is 7.06. The largest absolute Gasteiger partial charge is 0.298 e. The summed E-state index contributed by atoms with van der Waals surface area (Å²) in [6, 6.07) is 0.774. The Balaban J connectivity index is 2.65. The fourth-order valence-electron chi connectivity index (χ4n) is 2.63. The van der Waals surface area contributed by atoms with Gasteiger partial charge in [0.25, 0.3) is 0 Å². The maximum absolute atomic E-state index is 11.7. The molecule has 2 nitrogen and oxygen atoms in total. The van der Waals surface area contributed by atoms with Gasteiger partial charge in [0.15, 0.2) is 0 Å². The van der Waals surface area contributed by atoms with Crippen LogP contribution < -0.4 is 0 Å². The van der Waals surface area contributed by atoms with Crippen molar-refractivity contribution in [3.63, 3.8) is 0 Å². The molecule has 0 saturated carbocycles. The minimum atomic E-state index is 0.137. The van der Waals surface area contributed by atoms with Gasteiger partial charge in [0.05, 0.1) is 6.04 Å². The molecule has 2 unspecified atom stereocenters. The number of hydrogen-bond donors (Lipinski definition) is 0. The Bertz CT molecular complexity index is 203. The van der Waals surface area contributed by atoms with E-state index >= 15 is 0 Å². The van der Waals surface area contributed by atoms with Gasteiger partial charge in [-0.15, -0.1) is 0 Å². The first-order chi connectivity index (χ1) is 7.20. The van der Waals surface area contributed by atoms with Gasteiger partial charge in [-0.3, -0.25) is 9.69 Å². The third-order valence-electron chi connectivity index (χ3n) is 3.71. The smallest absolute Gasteiger partial charge is 0.149 e. The third kappa shape index (κ3) is 3.30. The number of rotatable bonds is 4. The van der Waals surface area contributed by atoms with Gasteiger partial charge in [-0.1, -0.05) is 26.7 Å². The van der Waals surface area contributed by atoms with Crippen LogP contribution in [0.1, 0.15) is 59.3 Å². The van der Waals surface area contributed by atoms with Gasteiger partial charge in [0.2, 0.25) is 0 Å². The maximum Gasteiger partial charge on any atom is 0.149 e. The van der Waals surface area contributed by atoms with Crippen molar-refractivity contribution in [2.45, 2.75) is 71.4 Å². The van der Waals surface area contributed by atoms with Gasteiger partial charge in [-0.05, 0) is 32.7 Å². The van der Waals surface area contributed by atoms with Crippen molar-refractivity contribution in [1.29, 1.82) is 0 Å². The number of hydrogen-bond acceptors (Lipinski definition) is 2. The van der Waals surface area contributed by atoms with Crippen LogP contribution in [-0.2, 0) is 4.79 Å². The molecule has 15 heavy (non-hydrogen) atoms. The molecule has 0 bridgehead atoms. The van der Waals surface area contributed by atoms with Crippen LogP contribution in [0, 0.1) is 0 Å². The predicted molar refractivity (Wildman–Crippen MR) is 64.0 cm³/mol. The molecular weight excluding hydrogens is 186 g/mol. The monoisotopic (exact) mass is 211 g/mol. The molecule has 0 aromatic carbocycles. The summed E-state index contributed by atoms with van der Waals surface area (Å²) in [5.74, 6) is 0.398. The highest BCUT2D eigenvalue weighted by atomic mass is 16.1. The summed E-state index contributed by atoms with van der Waals surface area (Å²) in [6.45, 7) is 7.41. The lowest BCUT2D eigenvalue weighted by Crippen LogP contribution is -2.45. The van der Waals surface area contributed by atoms with E-state index in [2.05, 4.69) is 18.7 Å². The summed E-state index contributed by atoms with van der Waals surface area (Å²) in [5, 5.41) is 0. The van der Waals surface area contributed by atoms with Crippen LogP contribution in [0.25, 0.3) is 0 Å². The first kappa shape index (κ1) is 12.7. The highest BCUT2D eigenvalue weighted by Crippen LogP contribution is 2.21. The van der Waals surface area contributed by atoms with E-state index in [4.69, 9.17) is 0 Å². The van der Waals surface area contributed by atoms with Crippen molar-refractivity contribution >= 4 is 5.78 Å². The van der Waals surface area contributed by atoms with E-state index in [9.17, 15) is 4.79 Å². The van der Waals surface area contributed by atoms with Crippen LogP contribution in [-0.4, -0.2) is 29.3 Å². The van der Waals surface area contributed by atoms with Crippen molar-refractivity contribution in [3.8, 4) is 0 Å². The molecule has 1 aliphatic rings. The first-order valence-corrected chi connectivity index (χ1v) is 6.49. The van der Waals surface area contributed by atoms with Gasteiger partial charge in [0, 0.05) is 12.5 Å². The predicted octanol–water partition coefficient (Wildman–Crippen LogP) is 3.01. The first-order valence-electron chi connectivity index (χ1n) is 6.49.